The van der Waals surface area contributed by atoms with Crippen LogP contribution in [0.1, 0.15) is 39.7 Å². The van der Waals surface area contributed by atoms with E-state index in [9.17, 15) is 9.59 Å². The van der Waals surface area contributed by atoms with Crippen LogP contribution in [0.2, 0.25) is 5.02 Å². The quantitative estimate of drug-likeness (QED) is 0.784. The molecule has 1 atom stereocenters. The highest BCUT2D eigenvalue weighted by atomic mass is 35.5. The molecule has 4 N–H and O–H groups in total. The molecule has 8 heteroatoms. The van der Waals surface area contributed by atoms with Crippen molar-refractivity contribution in [3.63, 3.8) is 0 Å². The van der Waals surface area contributed by atoms with Gasteiger partial charge < -0.3 is 16.4 Å². The zero-order valence-electron chi connectivity index (χ0n) is 13.0. The highest BCUT2D eigenvalue weighted by Gasteiger charge is 2.18. The SMILES string of the molecule is NC(=O)c1ccc(NC(=O)c2ccn(C3CCCNC3)n2)cc1Cl. The first-order valence-corrected chi connectivity index (χ1v) is 8.09. The van der Waals surface area contributed by atoms with Crippen molar-refractivity contribution in [2.45, 2.75) is 18.9 Å². The predicted molar refractivity (Wildman–Crippen MR) is 91.3 cm³/mol. The fourth-order valence-electron chi connectivity index (χ4n) is 2.71. The highest BCUT2D eigenvalue weighted by molar-refractivity contribution is 6.34. The first kappa shape index (κ1) is 16.5. The Kier molecular flexibility index (Phi) is 4.82. The van der Waals surface area contributed by atoms with Gasteiger partial charge in [0, 0.05) is 18.4 Å². The second-order valence-corrected chi connectivity index (χ2v) is 6.10. The first-order valence-electron chi connectivity index (χ1n) is 7.71. The Hall–Kier alpha value is -2.38. The molecule has 2 heterocycles. The topological polar surface area (TPSA) is 102 Å². The molecule has 0 aliphatic carbocycles. The maximum absolute atomic E-state index is 12.3. The van der Waals surface area contributed by atoms with Crippen molar-refractivity contribution in [2.24, 2.45) is 5.73 Å². The third-order valence-electron chi connectivity index (χ3n) is 3.98. The average Bonchev–Trinajstić information content (AvgIpc) is 3.05. The van der Waals surface area contributed by atoms with E-state index in [2.05, 4.69) is 15.7 Å². The summed E-state index contributed by atoms with van der Waals surface area (Å²) in [6.45, 7) is 1.88. The molecule has 1 aromatic heterocycles. The Labute approximate surface area is 144 Å². The zero-order valence-corrected chi connectivity index (χ0v) is 13.7. The molecule has 0 saturated carbocycles. The van der Waals surface area contributed by atoms with Crippen molar-refractivity contribution in [3.05, 3.63) is 46.7 Å². The summed E-state index contributed by atoms with van der Waals surface area (Å²) in [4.78, 5) is 23.5. The van der Waals surface area contributed by atoms with Gasteiger partial charge in [0.1, 0.15) is 0 Å². The molecule has 1 saturated heterocycles. The number of benzene rings is 1. The average molecular weight is 348 g/mol. The maximum Gasteiger partial charge on any atom is 0.276 e. The molecule has 3 rings (SSSR count). The Morgan fingerprint density at radius 2 is 2.21 bits per heavy atom. The Bertz CT molecular complexity index is 768. The van der Waals surface area contributed by atoms with Gasteiger partial charge in [-0.25, -0.2) is 0 Å². The molecule has 1 fully saturated rings. The molecular formula is C16H18ClN5O2. The van der Waals surface area contributed by atoms with Gasteiger partial charge in [-0.1, -0.05) is 11.6 Å². The van der Waals surface area contributed by atoms with Crippen molar-refractivity contribution < 1.29 is 9.59 Å². The lowest BCUT2D eigenvalue weighted by molar-refractivity contribution is 0.0997. The van der Waals surface area contributed by atoms with Gasteiger partial charge in [-0.05, 0) is 43.7 Å². The van der Waals surface area contributed by atoms with Gasteiger partial charge in [0.2, 0.25) is 5.91 Å². The van der Waals surface area contributed by atoms with E-state index >= 15 is 0 Å². The van der Waals surface area contributed by atoms with Gasteiger partial charge in [0.05, 0.1) is 16.6 Å². The van der Waals surface area contributed by atoms with E-state index in [1.54, 1.807) is 12.1 Å². The summed E-state index contributed by atoms with van der Waals surface area (Å²) in [5, 5.41) is 10.6. The number of nitrogens with zero attached hydrogens (tertiary/aromatic N) is 2. The van der Waals surface area contributed by atoms with Crippen molar-refractivity contribution in [1.82, 2.24) is 15.1 Å². The lowest BCUT2D eigenvalue weighted by atomic mass is 10.1. The predicted octanol–water partition coefficient (Wildman–Crippen LogP) is 1.81. The van der Waals surface area contributed by atoms with Crippen LogP contribution in [-0.4, -0.2) is 34.7 Å². The summed E-state index contributed by atoms with van der Waals surface area (Å²) in [7, 11) is 0. The number of piperidine rings is 1. The van der Waals surface area contributed by atoms with Gasteiger partial charge in [0.15, 0.2) is 5.69 Å². The molecule has 1 aliphatic rings. The van der Waals surface area contributed by atoms with E-state index in [1.807, 2.05) is 10.9 Å². The minimum absolute atomic E-state index is 0.194. The number of hydrogen-bond donors (Lipinski definition) is 3. The Balaban J connectivity index is 1.70. The molecule has 0 bridgehead atoms. The lowest BCUT2D eigenvalue weighted by Crippen LogP contribution is -2.32. The lowest BCUT2D eigenvalue weighted by Gasteiger charge is -2.22. The summed E-state index contributed by atoms with van der Waals surface area (Å²) >= 11 is 5.98. The van der Waals surface area contributed by atoms with Crippen LogP contribution in [-0.2, 0) is 0 Å². The molecule has 0 radical (unpaired) electrons. The molecule has 1 aromatic carbocycles. The highest BCUT2D eigenvalue weighted by Crippen LogP contribution is 2.21. The number of anilines is 1. The van der Waals surface area contributed by atoms with E-state index in [1.165, 1.54) is 12.1 Å². The summed E-state index contributed by atoms with van der Waals surface area (Å²) in [5.41, 5.74) is 6.22. The fourth-order valence-corrected chi connectivity index (χ4v) is 2.98. The maximum atomic E-state index is 12.3. The van der Waals surface area contributed by atoms with Gasteiger partial charge in [-0.15, -0.1) is 0 Å². The molecule has 2 aromatic rings. The molecule has 24 heavy (non-hydrogen) atoms. The monoisotopic (exact) mass is 347 g/mol. The standard InChI is InChI=1S/C16H18ClN5O2/c17-13-8-10(3-4-12(13)15(18)23)20-16(24)14-5-7-22(21-14)11-2-1-6-19-9-11/h3-5,7-8,11,19H,1-2,6,9H2,(H2,18,23)(H,20,24). The molecule has 1 unspecified atom stereocenters. The van der Waals surface area contributed by atoms with Crippen LogP contribution >= 0.6 is 11.6 Å². The smallest absolute Gasteiger partial charge is 0.276 e. The second kappa shape index (κ2) is 7.02. The van der Waals surface area contributed by atoms with E-state index < -0.39 is 5.91 Å². The number of nitrogens with one attached hydrogen (secondary N) is 2. The van der Waals surface area contributed by atoms with Crippen LogP contribution in [0.15, 0.2) is 30.5 Å². The number of primary amides is 1. The number of nitrogens with two attached hydrogens (primary N) is 1. The largest absolute Gasteiger partial charge is 0.366 e. The molecule has 0 spiro atoms. The van der Waals surface area contributed by atoms with Crippen LogP contribution < -0.4 is 16.4 Å². The third kappa shape index (κ3) is 3.58. The van der Waals surface area contributed by atoms with Crippen LogP contribution in [0, 0.1) is 0 Å². The number of rotatable bonds is 4. The number of hydrogen-bond acceptors (Lipinski definition) is 4. The third-order valence-corrected chi connectivity index (χ3v) is 4.29. The van der Waals surface area contributed by atoms with E-state index in [4.69, 9.17) is 17.3 Å². The summed E-state index contributed by atoms with van der Waals surface area (Å²) in [6, 6.07) is 6.49. The van der Waals surface area contributed by atoms with Crippen molar-refractivity contribution in [1.29, 1.82) is 0 Å². The molecular weight excluding hydrogens is 330 g/mol. The van der Waals surface area contributed by atoms with Crippen molar-refractivity contribution >= 4 is 29.1 Å². The normalized spacial score (nSPS) is 17.5. The zero-order chi connectivity index (χ0) is 17.1. The molecule has 2 amide bonds. The minimum atomic E-state index is -0.613. The molecule has 126 valence electrons. The number of aromatic nitrogens is 2. The van der Waals surface area contributed by atoms with E-state index in [0.717, 1.165) is 25.9 Å². The summed E-state index contributed by atoms with van der Waals surface area (Å²) < 4.78 is 1.82. The van der Waals surface area contributed by atoms with Gasteiger partial charge in [-0.3, -0.25) is 14.3 Å². The van der Waals surface area contributed by atoms with Crippen molar-refractivity contribution in [3.8, 4) is 0 Å². The number of halogens is 1. The van der Waals surface area contributed by atoms with Crippen LogP contribution in [0.5, 0.6) is 0 Å². The van der Waals surface area contributed by atoms with Gasteiger partial charge in [0.25, 0.3) is 5.91 Å². The molecule has 1 aliphatic heterocycles. The minimum Gasteiger partial charge on any atom is -0.366 e. The second-order valence-electron chi connectivity index (χ2n) is 5.69. The Morgan fingerprint density at radius 1 is 1.38 bits per heavy atom. The number of carbonyl (C=O) groups is 2. The summed E-state index contributed by atoms with van der Waals surface area (Å²) in [6.07, 6.45) is 3.95. The van der Waals surface area contributed by atoms with Crippen LogP contribution in [0.25, 0.3) is 0 Å². The fraction of sp³-hybridized carbons (Fsp3) is 0.312. The van der Waals surface area contributed by atoms with Crippen molar-refractivity contribution in [2.75, 3.05) is 18.4 Å². The van der Waals surface area contributed by atoms with E-state index in [-0.39, 0.29) is 22.5 Å². The van der Waals surface area contributed by atoms with Crippen LogP contribution in [0.3, 0.4) is 0 Å². The van der Waals surface area contributed by atoms with Gasteiger partial charge in [-0.2, -0.15) is 5.10 Å². The van der Waals surface area contributed by atoms with E-state index in [0.29, 0.717) is 11.4 Å². The van der Waals surface area contributed by atoms with Crippen LogP contribution in [0.4, 0.5) is 5.69 Å². The Morgan fingerprint density at radius 3 is 2.88 bits per heavy atom. The number of amides is 2. The van der Waals surface area contributed by atoms with Gasteiger partial charge >= 0.3 is 0 Å². The summed E-state index contributed by atoms with van der Waals surface area (Å²) in [5.74, 6) is -0.946. The molecule has 7 nitrogen and oxygen atoms in total. The number of carbonyl (C=O) groups excluding carboxylic acids is 2. The first-order chi connectivity index (χ1) is 11.5.